The molecule has 0 aromatic carbocycles. The molecule has 0 aromatic heterocycles. The second-order valence-electron chi connectivity index (χ2n) is 6.51. The Bertz CT molecular complexity index is 532. The van der Waals surface area contributed by atoms with Gasteiger partial charge >= 0.3 is 6.09 Å². The lowest BCUT2D eigenvalue weighted by atomic mass is 9.77. The molecule has 0 saturated carbocycles. The van der Waals surface area contributed by atoms with Gasteiger partial charge in [0.2, 0.25) is 11.8 Å². The molecule has 2 rings (SSSR count). The maximum atomic E-state index is 12.4. The molecule has 2 atom stereocenters. The Morgan fingerprint density at radius 3 is 2.42 bits per heavy atom. The van der Waals surface area contributed by atoms with Crippen LogP contribution in [0.5, 0.6) is 0 Å². The van der Waals surface area contributed by atoms with E-state index in [0.29, 0.717) is 32.5 Å². The number of piperidine rings is 1. The Morgan fingerprint density at radius 2 is 1.88 bits per heavy atom. The SMILES string of the molecule is CCN1C(=O)CC2(CCN(C(=O)OCCO[C@@H](O)C(O)CO)CC2)C1=O. The van der Waals surface area contributed by atoms with Crippen molar-refractivity contribution in [3.63, 3.8) is 0 Å². The van der Waals surface area contributed by atoms with Crippen LogP contribution >= 0.6 is 0 Å². The highest BCUT2D eigenvalue weighted by molar-refractivity contribution is 6.06. The van der Waals surface area contributed by atoms with Crippen LogP contribution in [0.15, 0.2) is 0 Å². The average molecular weight is 374 g/mol. The molecule has 1 spiro atoms. The predicted octanol–water partition coefficient (Wildman–Crippen LogP) is -1.33. The highest BCUT2D eigenvalue weighted by Gasteiger charge is 2.52. The number of imide groups is 1. The first-order valence-corrected chi connectivity index (χ1v) is 8.69. The smallest absolute Gasteiger partial charge is 0.409 e. The largest absolute Gasteiger partial charge is 0.447 e. The molecule has 0 radical (unpaired) electrons. The van der Waals surface area contributed by atoms with Crippen LogP contribution in [0.3, 0.4) is 0 Å². The van der Waals surface area contributed by atoms with Gasteiger partial charge in [-0.1, -0.05) is 0 Å². The van der Waals surface area contributed by atoms with Crippen molar-refractivity contribution in [2.45, 2.75) is 38.6 Å². The second kappa shape index (κ2) is 8.76. The van der Waals surface area contributed by atoms with Crippen LogP contribution in [0.2, 0.25) is 0 Å². The minimum atomic E-state index is -1.55. The van der Waals surface area contributed by atoms with Gasteiger partial charge in [0.1, 0.15) is 12.7 Å². The molecule has 0 bridgehead atoms. The van der Waals surface area contributed by atoms with E-state index in [-0.39, 0.29) is 31.4 Å². The zero-order valence-electron chi connectivity index (χ0n) is 14.8. The van der Waals surface area contributed by atoms with Crippen LogP contribution in [-0.4, -0.2) is 94.9 Å². The van der Waals surface area contributed by atoms with Gasteiger partial charge in [-0.15, -0.1) is 0 Å². The molecule has 1 unspecified atom stereocenters. The minimum Gasteiger partial charge on any atom is -0.447 e. The number of carbonyl (C=O) groups excluding carboxylic acids is 3. The lowest BCUT2D eigenvalue weighted by Crippen LogP contribution is -2.47. The molecule has 0 aromatic rings. The van der Waals surface area contributed by atoms with Gasteiger partial charge in [-0.3, -0.25) is 14.5 Å². The van der Waals surface area contributed by atoms with E-state index in [0.717, 1.165) is 0 Å². The fourth-order valence-electron chi connectivity index (χ4n) is 3.28. The molecule has 3 amide bonds. The van der Waals surface area contributed by atoms with E-state index < -0.39 is 30.5 Å². The number of carbonyl (C=O) groups is 3. The van der Waals surface area contributed by atoms with E-state index >= 15 is 0 Å². The van der Waals surface area contributed by atoms with Crippen LogP contribution in [-0.2, 0) is 19.1 Å². The zero-order valence-corrected chi connectivity index (χ0v) is 14.8. The molecule has 3 N–H and O–H groups in total. The average Bonchev–Trinajstić information content (AvgIpc) is 2.87. The molecule has 2 fully saturated rings. The molecule has 2 heterocycles. The van der Waals surface area contributed by atoms with E-state index in [2.05, 4.69) is 0 Å². The summed E-state index contributed by atoms with van der Waals surface area (Å²) in [4.78, 5) is 39.2. The molecule has 10 heteroatoms. The van der Waals surface area contributed by atoms with Crippen molar-refractivity contribution >= 4 is 17.9 Å². The summed E-state index contributed by atoms with van der Waals surface area (Å²) in [6.07, 6.45) is -2.51. The van der Waals surface area contributed by atoms with Crippen molar-refractivity contribution < 1.29 is 39.2 Å². The van der Waals surface area contributed by atoms with Crippen molar-refractivity contribution in [2.75, 3.05) is 39.5 Å². The second-order valence-corrected chi connectivity index (χ2v) is 6.51. The van der Waals surface area contributed by atoms with Crippen molar-refractivity contribution in [3.8, 4) is 0 Å². The van der Waals surface area contributed by atoms with Crippen LogP contribution < -0.4 is 0 Å². The lowest BCUT2D eigenvalue weighted by Gasteiger charge is -2.36. The summed E-state index contributed by atoms with van der Waals surface area (Å²) in [6.45, 7) is 1.86. The molecule has 2 aliphatic heterocycles. The van der Waals surface area contributed by atoms with Gasteiger partial charge in [0.15, 0.2) is 6.29 Å². The van der Waals surface area contributed by atoms with E-state index in [4.69, 9.17) is 19.7 Å². The Balaban J connectivity index is 1.73. The van der Waals surface area contributed by atoms with Crippen LogP contribution in [0.4, 0.5) is 4.79 Å². The highest BCUT2D eigenvalue weighted by atomic mass is 16.6. The fraction of sp³-hybridized carbons (Fsp3) is 0.812. The third-order valence-electron chi connectivity index (χ3n) is 4.90. The first-order valence-electron chi connectivity index (χ1n) is 8.69. The van der Waals surface area contributed by atoms with Gasteiger partial charge in [-0.05, 0) is 19.8 Å². The van der Waals surface area contributed by atoms with Gasteiger partial charge in [-0.2, -0.15) is 0 Å². The quantitative estimate of drug-likeness (QED) is 0.283. The van der Waals surface area contributed by atoms with Crippen molar-refractivity contribution in [3.05, 3.63) is 0 Å². The first kappa shape index (κ1) is 20.6. The van der Waals surface area contributed by atoms with E-state index in [9.17, 15) is 19.5 Å². The lowest BCUT2D eigenvalue weighted by molar-refractivity contribution is -0.175. The minimum absolute atomic E-state index is 0.128. The van der Waals surface area contributed by atoms with Gasteiger partial charge in [0, 0.05) is 26.1 Å². The first-order chi connectivity index (χ1) is 12.3. The molecule has 0 aliphatic carbocycles. The van der Waals surface area contributed by atoms with Gasteiger partial charge in [0.05, 0.1) is 18.6 Å². The Labute approximate surface area is 151 Å². The number of likely N-dealkylation sites (tertiary alicyclic amines) is 2. The summed E-state index contributed by atoms with van der Waals surface area (Å²) >= 11 is 0. The summed E-state index contributed by atoms with van der Waals surface area (Å²) in [7, 11) is 0. The summed E-state index contributed by atoms with van der Waals surface area (Å²) < 4.78 is 9.85. The predicted molar refractivity (Wildman–Crippen MR) is 86.7 cm³/mol. The molecule has 26 heavy (non-hydrogen) atoms. The number of nitrogens with zero attached hydrogens (tertiary/aromatic N) is 2. The van der Waals surface area contributed by atoms with Gasteiger partial charge < -0.3 is 29.7 Å². The molecular formula is C16H26N2O8. The summed E-state index contributed by atoms with van der Waals surface area (Å²) in [5, 5.41) is 27.1. The van der Waals surface area contributed by atoms with Crippen molar-refractivity contribution in [1.29, 1.82) is 0 Å². The Kier molecular flexibility index (Phi) is 6.93. The van der Waals surface area contributed by atoms with Gasteiger partial charge in [0.25, 0.3) is 0 Å². The number of aliphatic hydroxyl groups is 3. The van der Waals surface area contributed by atoms with Crippen LogP contribution in [0.1, 0.15) is 26.2 Å². The topological polar surface area (TPSA) is 137 Å². The molecule has 2 saturated heterocycles. The molecule has 148 valence electrons. The van der Waals surface area contributed by atoms with Crippen molar-refractivity contribution in [2.24, 2.45) is 5.41 Å². The molecule has 10 nitrogen and oxygen atoms in total. The number of ether oxygens (including phenoxy) is 2. The molecular weight excluding hydrogens is 348 g/mol. The van der Waals surface area contributed by atoms with Crippen LogP contribution in [0.25, 0.3) is 0 Å². The van der Waals surface area contributed by atoms with Crippen molar-refractivity contribution in [1.82, 2.24) is 9.80 Å². The molecule has 2 aliphatic rings. The third kappa shape index (κ3) is 4.32. The van der Waals surface area contributed by atoms with E-state index in [1.54, 1.807) is 6.92 Å². The summed E-state index contributed by atoms with van der Waals surface area (Å²) in [5.74, 6) is -0.308. The monoisotopic (exact) mass is 374 g/mol. The van der Waals surface area contributed by atoms with E-state index in [1.807, 2.05) is 0 Å². The Hall–Kier alpha value is -1.75. The normalized spacial score (nSPS) is 22.0. The number of hydrogen-bond donors (Lipinski definition) is 3. The van der Waals surface area contributed by atoms with E-state index in [1.165, 1.54) is 9.80 Å². The number of aliphatic hydroxyl groups excluding tert-OH is 3. The Morgan fingerprint density at radius 1 is 1.23 bits per heavy atom. The van der Waals surface area contributed by atoms with Gasteiger partial charge in [-0.25, -0.2) is 4.79 Å². The number of amides is 3. The maximum absolute atomic E-state index is 12.4. The van der Waals surface area contributed by atoms with Crippen LogP contribution in [0, 0.1) is 5.41 Å². The zero-order chi connectivity index (χ0) is 19.3. The number of rotatable bonds is 7. The number of hydrogen-bond acceptors (Lipinski definition) is 8. The fourth-order valence-corrected chi connectivity index (χ4v) is 3.28. The maximum Gasteiger partial charge on any atom is 0.409 e. The highest BCUT2D eigenvalue weighted by Crippen LogP contribution is 2.42. The third-order valence-corrected chi connectivity index (χ3v) is 4.90. The summed E-state index contributed by atoms with van der Waals surface area (Å²) in [6, 6.07) is 0. The summed E-state index contributed by atoms with van der Waals surface area (Å²) in [5.41, 5.74) is -0.697. The standard InChI is InChI=1S/C16H26N2O8/c1-2-18-12(21)9-16(14(18)23)3-5-17(6-4-16)15(24)26-8-7-25-13(22)11(20)10-19/h11,13,19-20,22H,2-10H2,1H3/t11?,13-/m1/s1.